The minimum Gasteiger partial charge on any atom is -0.477 e. The van der Waals surface area contributed by atoms with Crippen LogP contribution in [-0.2, 0) is 34.3 Å². The van der Waals surface area contributed by atoms with E-state index in [0.717, 1.165) is 11.1 Å². The molecule has 0 spiro atoms. The minimum atomic E-state index is -3.79. The van der Waals surface area contributed by atoms with Crippen molar-refractivity contribution in [3.63, 3.8) is 0 Å². The van der Waals surface area contributed by atoms with Gasteiger partial charge in [-0.05, 0) is 30.5 Å². The van der Waals surface area contributed by atoms with Gasteiger partial charge in [-0.1, -0.05) is 24.3 Å². The lowest BCUT2D eigenvalue weighted by atomic mass is 10.0. The minimum absolute atomic E-state index is 0.0458. The highest BCUT2D eigenvalue weighted by Crippen LogP contribution is 2.28. The van der Waals surface area contributed by atoms with E-state index < -0.39 is 16.0 Å². The number of carboxylic acids is 1. The van der Waals surface area contributed by atoms with E-state index in [0.29, 0.717) is 31.8 Å². The van der Waals surface area contributed by atoms with Gasteiger partial charge < -0.3 is 14.4 Å². The Balaban J connectivity index is 1.99. The van der Waals surface area contributed by atoms with Crippen LogP contribution in [-0.4, -0.2) is 48.6 Å². The van der Waals surface area contributed by atoms with Crippen LogP contribution in [0.2, 0.25) is 0 Å². The summed E-state index contributed by atoms with van der Waals surface area (Å²) >= 11 is 0. The van der Waals surface area contributed by atoms with Gasteiger partial charge in [-0.3, -0.25) is 0 Å². The molecule has 1 aliphatic rings. The Morgan fingerprint density at radius 3 is 2.62 bits per heavy atom. The molecule has 0 fully saturated rings. The van der Waals surface area contributed by atoms with E-state index in [2.05, 4.69) is 0 Å². The van der Waals surface area contributed by atoms with Crippen LogP contribution < -0.4 is 0 Å². The summed E-state index contributed by atoms with van der Waals surface area (Å²) in [5.74, 6) is -1.16. The number of benzene rings is 1. The van der Waals surface area contributed by atoms with Gasteiger partial charge in [0.25, 0.3) is 0 Å². The number of ether oxygens (including phenoxy) is 1. The van der Waals surface area contributed by atoms with Crippen LogP contribution in [0.5, 0.6) is 0 Å². The summed E-state index contributed by atoms with van der Waals surface area (Å²) in [5.41, 5.74) is 2.51. The monoisotopic (exact) mass is 378 g/mol. The number of methoxy groups -OCH3 is 1. The Morgan fingerprint density at radius 2 is 1.96 bits per heavy atom. The molecule has 1 aliphatic heterocycles. The summed E-state index contributed by atoms with van der Waals surface area (Å²) in [6.07, 6.45) is 0.643. The van der Waals surface area contributed by atoms with Crippen molar-refractivity contribution >= 4 is 16.0 Å². The molecule has 2 aromatic rings. The SMILES string of the molecule is COCCn1c(C(=O)O)cc(S(=O)(=O)N2CCc3ccccc3C2)c1C. The topological polar surface area (TPSA) is 88.8 Å². The first-order chi connectivity index (χ1) is 12.4. The summed E-state index contributed by atoms with van der Waals surface area (Å²) in [5, 5.41) is 9.44. The van der Waals surface area contributed by atoms with Crippen molar-refractivity contribution in [2.24, 2.45) is 0 Å². The highest BCUT2D eigenvalue weighted by Gasteiger charge is 2.32. The van der Waals surface area contributed by atoms with Crippen LogP contribution in [0.3, 0.4) is 0 Å². The van der Waals surface area contributed by atoms with E-state index in [9.17, 15) is 18.3 Å². The third-order valence-corrected chi connectivity index (χ3v) is 6.73. The van der Waals surface area contributed by atoms with Gasteiger partial charge >= 0.3 is 5.97 Å². The standard InChI is InChI=1S/C18H22N2O5S/c1-13-17(11-16(18(21)22)20(13)9-10-25-2)26(23,24)19-8-7-14-5-3-4-6-15(14)12-19/h3-6,11H,7-10,12H2,1-2H3,(H,21,22). The van der Waals surface area contributed by atoms with Crippen LogP contribution >= 0.6 is 0 Å². The van der Waals surface area contributed by atoms with E-state index in [1.165, 1.54) is 22.0 Å². The summed E-state index contributed by atoms with van der Waals surface area (Å²) in [7, 11) is -2.27. The lowest BCUT2D eigenvalue weighted by Crippen LogP contribution is -2.36. The first kappa shape index (κ1) is 18.6. The number of fused-ring (bicyclic) bond motifs is 1. The van der Waals surface area contributed by atoms with E-state index in [1.807, 2.05) is 24.3 Å². The third-order valence-electron chi connectivity index (χ3n) is 4.77. The van der Waals surface area contributed by atoms with Gasteiger partial charge in [-0.25, -0.2) is 13.2 Å². The second-order valence-electron chi connectivity index (χ2n) is 6.29. The molecule has 1 aromatic heterocycles. The second-order valence-corrected chi connectivity index (χ2v) is 8.19. The smallest absolute Gasteiger partial charge is 0.352 e. The fourth-order valence-electron chi connectivity index (χ4n) is 3.34. The zero-order chi connectivity index (χ0) is 18.9. The third kappa shape index (κ3) is 3.27. The number of rotatable bonds is 6. The Labute approximate surface area is 152 Å². The Hall–Kier alpha value is -2.16. The highest BCUT2D eigenvalue weighted by atomic mass is 32.2. The molecule has 0 amide bonds. The number of aromatic carboxylic acids is 1. The summed E-state index contributed by atoms with van der Waals surface area (Å²) in [6.45, 7) is 2.88. The number of hydrogen-bond acceptors (Lipinski definition) is 4. The van der Waals surface area contributed by atoms with Crippen LogP contribution in [0.15, 0.2) is 35.2 Å². The van der Waals surface area contributed by atoms with Gasteiger partial charge in [-0.15, -0.1) is 0 Å². The van der Waals surface area contributed by atoms with Crippen molar-refractivity contribution in [3.8, 4) is 0 Å². The van der Waals surface area contributed by atoms with Crippen LogP contribution in [0, 0.1) is 6.92 Å². The summed E-state index contributed by atoms with van der Waals surface area (Å²) in [4.78, 5) is 11.6. The average Bonchev–Trinajstić information content (AvgIpc) is 2.97. The fraction of sp³-hybridized carbons (Fsp3) is 0.389. The first-order valence-electron chi connectivity index (χ1n) is 8.35. The zero-order valence-corrected chi connectivity index (χ0v) is 15.6. The van der Waals surface area contributed by atoms with E-state index in [1.54, 1.807) is 6.92 Å². The van der Waals surface area contributed by atoms with Crippen molar-refractivity contribution in [1.82, 2.24) is 8.87 Å². The highest BCUT2D eigenvalue weighted by molar-refractivity contribution is 7.89. The molecular weight excluding hydrogens is 356 g/mol. The lowest BCUT2D eigenvalue weighted by molar-refractivity contribution is 0.0682. The van der Waals surface area contributed by atoms with Crippen LogP contribution in [0.25, 0.3) is 0 Å². The summed E-state index contributed by atoms with van der Waals surface area (Å²) < 4.78 is 34.3. The van der Waals surface area contributed by atoms with Crippen molar-refractivity contribution in [2.45, 2.75) is 31.3 Å². The van der Waals surface area contributed by atoms with E-state index in [4.69, 9.17) is 4.74 Å². The first-order valence-corrected chi connectivity index (χ1v) is 9.79. The van der Waals surface area contributed by atoms with Crippen molar-refractivity contribution in [2.75, 3.05) is 20.3 Å². The predicted octanol–water partition coefficient (Wildman–Crippen LogP) is 1.89. The van der Waals surface area contributed by atoms with Crippen LogP contribution in [0.1, 0.15) is 27.3 Å². The number of hydrogen-bond donors (Lipinski definition) is 1. The molecular formula is C18H22N2O5S. The number of carboxylic acid groups (broad SMARTS) is 1. The molecule has 140 valence electrons. The second kappa shape index (κ2) is 7.22. The molecule has 1 N–H and O–H groups in total. The predicted molar refractivity (Wildman–Crippen MR) is 95.7 cm³/mol. The lowest BCUT2D eigenvalue weighted by Gasteiger charge is -2.28. The van der Waals surface area contributed by atoms with E-state index in [-0.39, 0.29) is 17.1 Å². The molecule has 26 heavy (non-hydrogen) atoms. The molecule has 0 unspecified atom stereocenters. The Morgan fingerprint density at radius 1 is 1.27 bits per heavy atom. The molecule has 1 aromatic carbocycles. The zero-order valence-electron chi connectivity index (χ0n) is 14.8. The number of sulfonamides is 1. The summed E-state index contributed by atoms with van der Waals surface area (Å²) in [6, 6.07) is 9.03. The quantitative estimate of drug-likeness (QED) is 0.829. The molecule has 2 heterocycles. The normalized spacial score (nSPS) is 15.0. The molecule has 0 bridgehead atoms. The number of aromatic nitrogens is 1. The molecule has 0 atom stereocenters. The fourth-order valence-corrected chi connectivity index (χ4v) is 5.01. The van der Waals surface area contributed by atoms with Crippen LogP contribution in [0.4, 0.5) is 0 Å². The molecule has 0 aliphatic carbocycles. The maximum atomic E-state index is 13.2. The van der Waals surface area contributed by atoms with Gasteiger partial charge in [0.2, 0.25) is 10.0 Å². The van der Waals surface area contributed by atoms with Crippen molar-refractivity contribution in [3.05, 3.63) is 52.8 Å². The average molecular weight is 378 g/mol. The maximum absolute atomic E-state index is 13.2. The molecule has 3 rings (SSSR count). The maximum Gasteiger partial charge on any atom is 0.352 e. The molecule has 8 heteroatoms. The van der Waals surface area contributed by atoms with Crippen molar-refractivity contribution in [1.29, 1.82) is 0 Å². The molecule has 0 radical (unpaired) electrons. The molecule has 0 saturated heterocycles. The Kier molecular flexibility index (Phi) is 5.17. The van der Waals surface area contributed by atoms with Crippen molar-refractivity contribution < 1.29 is 23.1 Å². The van der Waals surface area contributed by atoms with Gasteiger partial charge in [0, 0.05) is 32.4 Å². The van der Waals surface area contributed by atoms with Gasteiger partial charge in [0.05, 0.1) is 6.61 Å². The largest absolute Gasteiger partial charge is 0.477 e. The van der Waals surface area contributed by atoms with Gasteiger partial charge in [-0.2, -0.15) is 4.31 Å². The number of carbonyl (C=O) groups is 1. The molecule has 7 nitrogen and oxygen atoms in total. The molecule has 0 saturated carbocycles. The number of nitrogens with zero attached hydrogens (tertiary/aromatic N) is 2. The van der Waals surface area contributed by atoms with E-state index >= 15 is 0 Å². The Bertz CT molecular complexity index is 933. The van der Waals surface area contributed by atoms with Gasteiger partial charge in [0.1, 0.15) is 10.6 Å². The van der Waals surface area contributed by atoms with Gasteiger partial charge in [0.15, 0.2) is 0 Å².